The van der Waals surface area contributed by atoms with Crippen LogP contribution in [0.5, 0.6) is 0 Å². The summed E-state index contributed by atoms with van der Waals surface area (Å²) in [5.41, 5.74) is 4.92. The minimum atomic E-state index is -0.496. The molecule has 0 unspecified atom stereocenters. The zero-order chi connectivity index (χ0) is 21.1. The Balaban J connectivity index is 1.96. The van der Waals surface area contributed by atoms with Crippen LogP contribution in [0, 0.1) is 20.8 Å². The van der Waals surface area contributed by atoms with Gasteiger partial charge in [0.1, 0.15) is 10.6 Å². The van der Waals surface area contributed by atoms with Crippen molar-refractivity contribution < 1.29 is 14.3 Å². The fourth-order valence-corrected chi connectivity index (χ4v) is 4.16. The van der Waals surface area contributed by atoms with Crippen molar-refractivity contribution >= 4 is 45.6 Å². The summed E-state index contributed by atoms with van der Waals surface area (Å²) in [7, 11) is 1.33. The summed E-state index contributed by atoms with van der Waals surface area (Å²) in [5, 5.41) is 6.53. The van der Waals surface area contributed by atoms with Gasteiger partial charge in [-0.05, 0) is 61.7 Å². The van der Waals surface area contributed by atoms with Crippen LogP contribution < -0.4 is 10.6 Å². The van der Waals surface area contributed by atoms with Gasteiger partial charge in [0.15, 0.2) is 0 Å². The van der Waals surface area contributed by atoms with Crippen molar-refractivity contribution in [3.8, 4) is 11.1 Å². The molecule has 3 rings (SSSR count). The predicted octanol–water partition coefficient (Wildman–Crippen LogP) is 6.42. The third-order valence-electron chi connectivity index (χ3n) is 4.60. The molecule has 150 valence electrons. The zero-order valence-corrected chi connectivity index (χ0v) is 18.1. The van der Waals surface area contributed by atoms with Crippen LogP contribution in [0.15, 0.2) is 42.5 Å². The Labute approximate surface area is 178 Å². The van der Waals surface area contributed by atoms with E-state index in [-0.39, 0.29) is 0 Å². The number of halogens is 1. The minimum Gasteiger partial charge on any atom is -0.465 e. The van der Waals surface area contributed by atoms with Crippen LogP contribution in [0.3, 0.4) is 0 Å². The number of anilines is 2. The van der Waals surface area contributed by atoms with Gasteiger partial charge in [-0.3, -0.25) is 5.32 Å². The van der Waals surface area contributed by atoms with E-state index in [1.165, 1.54) is 24.0 Å². The maximum Gasteiger partial charge on any atom is 0.341 e. The second kappa shape index (κ2) is 8.68. The van der Waals surface area contributed by atoms with Crippen molar-refractivity contribution in [2.75, 3.05) is 17.7 Å². The molecule has 0 atom stereocenters. The molecule has 0 spiro atoms. The number of thiophene rings is 1. The van der Waals surface area contributed by atoms with Crippen molar-refractivity contribution in [2.45, 2.75) is 20.8 Å². The highest BCUT2D eigenvalue weighted by Crippen LogP contribution is 2.40. The van der Waals surface area contributed by atoms with E-state index in [1.807, 2.05) is 39.0 Å². The molecular weight excluding hydrogens is 408 g/mol. The van der Waals surface area contributed by atoms with Gasteiger partial charge >= 0.3 is 12.0 Å². The summed E-state index contributed by atoms with van der Waals surface area (Å²) in [4.78, 5) is 26.0. The maximum absolute atomic E-state index is 12.6. The number of urea groups is 1. The number of benzene rings is 2. The number of rotatable bonds is 4. The van der Waals surface area contributed by atoms with Crippen LogP contribution in [0.4, 0.5) is 15.5 Å². The molecule has 0 radical (unpaired) electrons. The number of hydrogen-bond donors (Lipinski definition) is 2. The van der Waals surface area contributed by atoms with Gasteiger partial charge in [0.25, 0.3) is 0 Å². The third-order valence-corrected chi connectivity index (χ3v) is 5.87. The van der Waals surface area contributed by atoms with Gasteiger partial charge in [0, 0.05) is 21.2 Å². The first kappa shape index (κ1) is 20.9. The summed E-state index contributed by atoms with van der Waals surface area (Å²) >= 11 is 7.21. The van der Waals surface area contributed by atoms with Crippen molar-refractivity contribution in [2.24, 2.45) is 0 Å². The SMILES string of the molecule is COC(=O)c1c(NC(=O)Nc2ccc(Cl)cc2)sc(C)c1-c1ccc(C)c(C)c1. The molecule has 1 heterocycles. The number of amides is 2. The fourth-order valence-electron chi connectivity index (χ4n) is 2.97. The Morgan fingerprint density at radius 1 is 0.966 bits per heavy atom. The molecule has 0 fully saturated rings. The molecule has 0 saturated carbocycles. The Hall–Kier alpha value is -2.83. The zero-order valence-electron chi connectivity index (χ0n) is 16.6. The summed E-state index contributed by atoms with van der Waals surface area (Å²) in [6.07, 6.45) is 0. The number of carbonyl (C=O) groups is 2. The Morgan fingerprint density at radius 3 is 2.28 bits per heavy atom. The van der Waals surface area contributed by atoms with E-state index in [0.29, 0.717) is 21.3 Å². The van der Waals surface area contributed by atoms with Crippen LogP contribution in [0.1, 0.15) is 26.4 Å². The minimum absolute atomic E-state index is 0.351. The highest BCUT2D eigenvalue weighted by atomic mass is 35.5. The molecule has 29 heavy (non-hydrogen) atoms. The predicted molar refractivity (Wildman–Crippen MR) is 119 cm³/mol. The van der Waals surface area contributed by atoms with Gasteiger partial charge in [-0.15, -0.1) is 11.3 Å². The number of esters is 1. The topological polar surface area (TPSA) is 67.4 Å². The lowest BCUT2D eigenvalue weighted by atomic mass is 9.97. The smallest absolute Gasteiger partial charge is 0.341 e. The van der Waals surface area contributed by atoms with E-state index in [1.54, 1.807) is 24.3 Å². The molecular formula is C22H21ClN2O3S. The van der Waals surface area contributed by atoms with E-state index in [2.05, 4.69) is 10.6 Å². The maximum atomic E-state index is 12.6. The molecule has 7 heteroatoms. The van der Waals surface area contributed by atoms with E-state index in [0.717, 1.165) is 21.6 Å². The Kier molecular flexibility index (Phi) is 6.25. The number of ether oxygens (including phenoxy) is 1. The van der Waals surface area contributed by atoms with E-state index in [4.69, 9.17) is 16.3 Å². The first-order chi connectivity index (χ1) is 13.8. The van der Waals surface area contributed by atoms with E-state index in [9.17, 15) is 9.59 Å². The molecule has 2 amide bonds. The number of nitrogens with one attached hydrogen (secondary N) is 2. The van der Waals surface area contributed by atoms with Crippen LogP contribution in [0.25, 0.3) is 11.1 Å². The summed E-state index contributed by atoms with van der Waals surface area (Å²) in [6.45, 7) is 5.98. The standard InChI is InChI=1S/C22H21ClN2O3S/c1-12-5-6-15(11-13(12)2)18-14(3)29-20(19(18)21(26)28-4)25-22(27)24-17-9-7-16(23)8-10-17/h5-11H,1-4H3,(H2,24,25,27). The fraction of sp³-hybridized carbons (Fsp3) is 0.182. The second-order valence-corrected chi connectivity index (χ2v) is 8.28. The molecule has 2 aromatic carbocycles. The summed E-state index contributed by atoms with van der Waals surface area (Å²) in [5.74, 6) is -0.496. The average molecular weight is 429 g/mol. The molecule has 3 aromatic rings. The lowest BCUT2D eigenvalue weighted by molar-refractivity contribution is 0.0603. The number of hydrogen-bond acceptors (Lipinski definition) is 4. The van der Waals surface area contributed by atoms with Crippen LogP contribution >= 0.6 is 22.9 Å². The molecule has 0 saturated heterocycles. The van der Waals surface area contributed by atoms with Gasteiger partial charge in [-0.2, -0.15) is 0 Å². The van der Waals surface area contributed by atoms with Gasteiger partial charge in [-0.25, -0.2) is 9.59 Å². The molecule has 0 aliphatic rings. The highest BCUT2D eigenvalue weighted by Gasteiger charge is 2.25. The molecule has 1 aromatic heterocycles. The lowest BCUT2D eigenvalue weighted by Crippen LogP contribution is -2.20. The van der Waals surface area contributed by atoms with E-state index < -0.39 is 12.0 Å². The van der Waals surface area contributed by atoms with E-state index >= 15 is 0 Å². The highest BCUT2D eigenvalue weighted by molar-refractivity contribution is 7.17. The number of carbonyl (C=O) groups excluding carboxylic acids is 2. The Bertz CT molecular complexity index is 1070. The molecule has 5 nitrogen and oxygen atoms in total. The van der Waals surface area contributed by atoms with Crippen LogP contribution in [-0.4, -0.2) is 19.1 Å². The largest absolute Gasteiger partial charge is 0.465 e. The normalized spacial score (nSPS) is 10.5. The van der Waals surface area contributed by atoms with Gasteiger partial charge in [0.05, 0.1) is 7.11 Å². The van der Waals surface area contributed by atoms with Gasteiger partial charge in [0.2, 0.25) is 0 Å². The van der Waals surface area contributed by atoms with Crippen LogP contribution in [-0.2, 0) is 4.74 Å². The summed E-state index contributed by atoms with van der Waals surface area (Å²) < 4.78 is 5.00. The Morgan fingerprint density at radius 2 is 1.66 bits per heavy atom. The average Bonchev–Trinajstić information content (AvgIpc) is 3.00. The molecule has 2 N–H and O–H groups in total. The number of aryl methyl sites for hydroxylation is 3. The third kappa shape index (κ3) is 4.60. The summed E-state index contributed by atoms with van der Waals surface area (Å²) in [6, 6.07) is 12.3. The number of methoxy groups -OCH3 is 1. The van der Waals surface area contributed by atoms with Crippen LogP contribution in [0.2, 0.25) is 5.02 Å². The van der Waals surface area contributed by atoms with Gasteiger partial charge in [-0.1, -0.05) is 29.8 Å². The van der Waals surface area contributed by atoms with Crippen molar-refractivity contribution in [1.29, 1.82) is 0 Å². The van der Waals surface area contributed by atoms with Crippen molar-refractivity contribution in [3.05, 3.63) is 69.1 Å². The first-order valence-corrected chi connectivity index (χ1v) is 10.1. The first-order valence-electron chi connectivity index (χ1n) is 8.93. The second-order valence-electron chi connectivity index (χ2n) is 6.61. The lowest BCUT2D eigenvalue weighted by Gasteiger charge is -2.10. The quantitative estimate of drug-likeness (QED) is 0.471. The molecule has 0 bridgehead atoms. The molecule has 0 aliphatic heterocycles. The van der Waals surface area contributed by atoms with Crippen molar-refractivity contribution in [3.63, 3.8) is 0 Å². The molecule has 0 aliphatic carbocycles. The van der Waals surface area contributed by atoms with Crippen molar-refractivity contribution in [1.82, 2.24) is 0 Å². The monoisotopic (exact) mass is 428 g/mol. The van der Waals surface area contributed by atoms with Gasteiger partial charge < -0.3 is 10.1 Å².